The number of rotatable bonds is 9. The highest BCUT2D eigenvalue weighted by Gasteiger charge is 2.15. The van der Waals surface area contributed by atoms with Crippen LogP contribution in [0.3, 0.4) is 0 Å². The molecule has 1 atom stereocenters. The zero-order valence-electron chi connectivity index (χ0n) is 16.0. The van der Waals surface area contributed by atoms with Gasteiger partial charge < -0.3 is 9.84 Å². The van der Waals surface area contributed by atoms with E-state index in [1.807, 2.05) is 48.6 Å². The molecule has 0 saturated carbocycles. The van der Waals surface area contributed by atoms with Crippen LogP contribution in [0.15, 0.2) is 66.7 Å². The first kappa shape index (κ1) is 19.6. The number of aryl methyl sites for hydroxylation is 2. The number of nitrogens with zero attached hydrogens (tertiary/aromatic N) is 1. The minimum atomic E-state index is -0.547. The van der Waals surface area contributed by atoms with E-state index in [1.54, 1.807) is 0 Å². The summed E-state index contributed by atoms with van der Waals surface area (Å²) in [4.78, 5) is 4.91. The summed E-state index contributed by atoms with van der Waals surface area (Å²) in [6.07, 6.45) is -0.547. The van der Waals surface area contributed by atoms with Gasteiger partial charge in [0, 0.05) is 29.4 Å². The maximum atomic E-state index is 10.6. The second kappa shape index (κ2) is 9.70. The van der Waals surface area contributed by atoms with E-state index in [9.17, 15) is 5.11 Å². The van der Waals surface area contributed by atoms with Crippen molar-refractivity contribution in [2.45, 2.75) is 33.0 Å². The molecule has 1 aromatic heterocycles. The van der Waals surface area contributed by atoms with E-state index >= 15 is 0 Å². The number of hydrogen-bond donors (Lipinski definition) is 1. The van der Waals surface area contributed by atoms with Gasteiger partial charge >= 0.3 is 0 Å². The Balaban J connectivity index is 1.61. The quantitative estimate of drug-likeness (QED) is 0.577. The molecule has 1 heterocycles. The second-order valence-corrected chi connectivity index (χ2v) is 8.27. The fraction of sp³-hybridized carbons (Fsp3) is 0.304. The van der Waals surface area contributed by atoms with Crippen LogP contribution in [0, 0.1) is 13.8 Å². The summed E-state index contributed by atoms with van der Waals surface area (Å²) in [5, 5.41) is 10.6. The highest BCUT2D eigenvalue weighted by Crippen LogP contribution is 2.20. The maximum Gasteiger partial charge on any atom is 0.122 e. The molecule has 0 aliphatic heterocycles. The standard InChI is InChI=1S/C23H27NO2S/c1-18-8-6-7-11-23(18)26-17-21(25)15-24(14-20-9-4-3-5-10-20)16-22-13-12-19(2)27-22/h3-13,21,25H,14-17H2,1-2H3. The predicted octanol–water partition coefficient (Wildman–Crippen LogP) is 4.81. The molecule has 27 heavy (non-hydrogen) atoms. The van der Waals surface area contributed by atoms with Gasteiger partial charge in [0.05, 0.1) is 0 Å². The molecule has 0 fully saturated rings. The third-order valence-corrected chi connectivity index (χ3v) is 5.40. The lowest BCUT2D eigenvalue weighted by atomic mass is 10.2. The summed E-state index contributed by atoms with van der Waals surface area (Å²) in [6, 6.07) is 22.6. The molecule has 3 aromatic rings. The van der Waals surface area contributed by atoms with E-state index in [0.29, 0.717) is 13.2 Å². The molecule has 3 rings (SSSR count). The molecule has 142 valence electrons. The highest BCUT2D eigenvalue weighted by molar-refractivity contribution is 7.11. The van der Waals surface area contributed by atoms with Crippen molar-refractivity contribution in [1.29, 1.82) is 0 Å². The van der Waals surface area contributed by atoms with Crippen molar-refractivity contribution in [1.82, 2.24) is 4.90 Å². The first-order valence-electron chi connectivity index (χ1n) is 9.28. The van der Waals surface area contributed by atoms with Gasteiger partial charge in [0.25, 0.3) is 0 Å². The normalized spacial score (nSPS) is 12.3. The van der Waals surface area contributed by atoms with Crippen molar-refractivity contribution in [2.75, 3.05) is 13.2 Å². The molecule has 0 amide bonds. The van der Waals surface area contributed by atoms with Crippen LogP contribution in [0.5, 0.6) is 5.75 Å². The summed E-state index contributed by atoms with van der Waals surface area (Å²) in [5.41, 5.74) is 2.33. The fourth-order valence-corrected chi connectivity index (χ4v) is 4.01. The molecule has 0 aliphatic rings. The summed E-state index contributed by atoms with van der Waals surface area (Å²) in [5.74, 6) is 0.833. The number of ether oxygens (including phenoxy) is 1. The Bertz CT molecular complexity index is 831. The largest absolute Gasteiger partial charge is 0.491 e. The summed E-state index contributed by atoms with van der Waals surface area (Å²) in [7, 11) is 0. The third-order valence-electron chi connectivity index (χ3n) is 4.42. The van der Waals surface area contributed by atoms with Crippen LogP contribution < -0.4 is 4.74 Å². The zero-order chi connectivity index (χ0) is 19.1. The Kier molecular flexibility index (Phi) is 7.04. The Hall–Kier alpha value is -2.14. The summed E-state index contributed by atoms with van der Waals surface area (Å²) >= 11 is 1.81. The predicted molar refractivity (Wildman–Crippen MR) is 112 cm³/mol. The van der Waals surface area contributed by atoms with Gasteiger partial charge in [-0.1, -0.05) is 48.5 Å². The molecule has 0 aliphatic carbocycles. The third kappa shape index (κ3) is 6.21. The second-order valence-electron chi connectivity index (χ2n) is 6.90. The highest BCUT2D eigenvalue weighted by atomic mass is 32.1. The lowest BCUT2D eigenvalue weighted by Gasteiger charge is -2.25. The average Bonchev–Trinajstić information content (AvgIpc) is 3.06. The molecule has 3 nitrogen and oxygen atoms in total. The molecule has 2 aromatic carbocycles. The van der Waals surface area contributed by atoms with Crippen molar-refractivity contribution < 1.29 is 9.84 Å². The molecule has 0 saturated heterocycles. The number of hydrogen-bond acceptors (Lipinski definition) is 4. The SMILES string of the molecule is Cc1ccc(CN(Cc2ccccc2)CC(O)COc2ccccc2C)s1. The van der Waals surface area contributed by atoms with Crippen LogP contribution in [0.1, 0.15) is 20.9 Å². The molecule has 0 radical (unpaired) electrons. The van der Waals surface area contributed by atoms with E-state index in [0.717, 1.165) is 24.4 Å². The molecule has 1 unspecified atom stereocenters. The number of thiophene rings is 1. The molecular formula is C23H27NO2S. The summed E-state index contributed by atoms with van der Waals surface area (Å²) < 4.78 is 5.83. The van der Waals surface area contributed by atoms with Gasteiger partial charge in [0.1, 0.15) is 18.5 Å². The van der Waals surface area contributed by atoms with E-state index in [2.05, 4.69) is 48.2 Å². The average molecular weight is 382 g/mol. The molecule has 0 bridgehead atoms. The number of aliphatic hydroxyl groups is 1. The van der Waals surface area contributed by atoms with Crippen molar-refractivity contribution in [2.24, 2.45) is 0 Å². The number of para-hydroxylation sites is 1. The molecule has 4 heteroatoms. The Labute approximate surface area is 165 Å². The van der Waals surface area contributed by atoms with Crippen LogP contribution in [-0.4, -0.2) is 29.3 Å². The van der Waals surface area contributed by atoms with Crippen LogP contribution >= 0.6 is 11.3 Å². The van der Waals surface area contributed by atoms with E-state index < -0.39 is 6.10 Å². The lowest BCUT2D eigenvalue weighted by molar-refractivity contribution is 0.0630. The van der Waals surface area contributed by atoms with Crippen molar-refractivity contribution in [3.8, 4) is 5.75 Å². The van der Waals surface area contributed by atoms with Crippen LogP contribution in [0.25, 0.3) is 0 Å². The van der Waals surface area contributed by atoms with E-state index in [1.165, 1.54) is 15.3 Å². The Morgan fingerprint density at radius 2 is 1.67 bits per heavy atom. The van der Waals surface area contributed by atoms with Crippen molar-refractivity contribution >= 4 is 11.3 Å². The van der Waals surface area contributed by atoms with Gasteiger partial charge in [-0.25, -0.2) is 0 Å². The topological polar surface area (TPSA) is 32.7 Å². The first-order valence-corrected chi connectivity index (χ1v) is 10.1. The first-order chi connectivity index (χ1) is 13.1. The van der Waals surface area contributed by atoms with Crippen LogP contribution in [-0.2, 0) is 13.1 Å². The lowest BCUT2D eigenvalue weighted by Crippen LogP contribution is -2.35. The zero-order valence-corrected chi connectivity index (χ0v) is 16.8. The van der Waals surface area contributed by atoms with Crippen molar-refractivity contribution in [3.63, 3.8) is 0 Å². The van der Waals surface area contributed by atoms with Gasteiger partial charge in [0.15, 0.2) is 0 Å². The number of benzene rings is 2. The number of aliphatic hydroxyl groups excluding tert-OH is 1. The maximum absolute atomic E-state index is 10.6. The van der Waals surface area contributed by atoms with Gasteiger partial charge in [0.2, 0.25) is 0 Å². The van der Waals surface area contributed by atoms with Crippen molar-refractivity contribution in [3.05, 3.63) is 87.6 Å². The smallest absolute Gasteiger partial charge is 0.122 e. The molecule has 1 N–H and O–H groups in total. The Morgan fingerprint density at radius 1 is 0.926 bits per heavy atom. The van der Waals surface area contributed by atoms with E-state index in [-0.39, 0.29) is 0 Å². The van der Waals surface area contributed by atoms with Crippen LogP contribution in [0.4, 0.5) is 0 Å². The fourth-order valence-electron chi connectivity index (χ4n) is 3.07. The molecule has 0 spiro atoms. The van der Waals surface area contributed by atoms with Gasteiger partial charge in [-0.05, 0) is 43.2 Å². The summed E-state index contributed by atoms with van der Waals surface area (Å²) in [6.45, 7) is 6.63. The molecular weight excluding hydrogens is 354 g/mol. The Morgan fingerprint density at radius 3 is 2.37 bits per heavy atom. The van der Waals surface area contributed by atoms with Gasteiger partial charge in [-0.15, -0.1) is 11.3 Å². The van der Waals surface area contributed by atoms with E-state index in [4.69, 9.17) is 4.74 Å². The minimum absolute atomic E-state index is 0.291. The monoisotopic (exact) mass is 381 g/mol. The minimum Gasteiger partial charge on any atom is -0.491 e. The van der Waals surface area contributed by atoms with Gasteiger partial charge in [-0.2, -0.15) is 0 Å². The van der Waals surface area contributed by atoms with Gasteiger partial charge in [-0.3, -0.25) is 4.90 Å². The van der Waals surface area contributed by atoms with Crippen LogP contribution in [0.2, 0.25) is 0 Å².